The largest absolute Gasteiger partial charge is 0.323 e. The molecule has 5 heteroatoms. The fourth-order valence-corrected chi connectivity index (χ4v) is 3.66. The van der Waals surface area contributed by atoms with E-state index in [1.165, 1.54) is 10.1 Å². The topological polar surface area (TPSA) is 74.7 Å². The van der Waals surface area contributed by atoms with Crippen molar-refractivity contribution in [3.8, 4) is 0 Å². The van der Waals surface area contributed by atoms with Crippen LogP contribution in [0.5, 0.6) is 0 Å². The van der Waals surface area contributed by atoms with E-state index in [0.717, 1.165) is 21.5 Å². The fourth-order valence-electron chi connectivity index (χ4n) is 2.56. The summed E-state index contributed by atoms with van der Waals surface area (Å²) in [6.07, 6.45) is 0. The lowest BCUT2D eigenvalue weighted by molar-refractivity contribution is 0.896. The Bertz CT molecular complexity index is 962. The van der Waals surface area contributed by atoms with Gasteiger partial charge in [0.15, 0.2) is 0 Å². The average Bonchev–Trinajstić information content (AvgIpc) is 3.07. The minimum Gasteiger partial charge on any atom is -0.320 e. The molecule has 0 saturated carbocycles. The van der Waals surface area contributed by atoms with E-state index in [4.69, 9.17) is 5.73 Å². The molecule has 2 aromatic heterocycles. The van der Waals surface area contributed by atoms with Crippen molar-refractivity contribution in [2.45, 2.75) is 6.04 Å². The van der Waals surface area contributed by atoms with Crippen molar-refractivity contribution in [2.75, 3.05) is 0 Å². The van der Waals surface area contributed by atoms with Crippen LogP contribution in [-0.2, 0) is 0 Å². The van der Waals surface area contributed by atoms with E-state index in [-0.39, 0.29) is 11.7 Å². The lowest BCUT2D eigenvalue weighted by Gasteiger charge is -2.09. The van der Waals surface area contributed by atoms with Crippen molar-refractivity contribution in [2.24, 2.45) is 5.73 Å². The first-order chi connectivity index (χ1) is 10.2. The number of thiophene rings is 1. The third-order valence-corrected chi connectivity index (χ3v) is 4.85. The van der Waals surface area contributed by atoms with Crippen LogP contribution in [0.4, 0.5) is 0 Å². The van der Waals surface area contributed by atoms with Gasteiger partial charge in [-0.15, -0.1) is 11.3 Å². The molecule has 0 aliphatic rings. The van der Waals surface area contributed by atoms with E-state index in [1.807, 2.05) is 30.3 Å². The molecular weight excluding hydrogens is 282 g/mol. The predicted molar refractivity (Wildman–Crippen MR) is 86.8 cm³/mol. The summed E-state index contributed by atoms with van der Waals surface area (Å²) < 4.78 is 1.24. The Morgan fingerprint density at radius 3 is 2.67 bits per heavy atom. The molecule has 2 aromatic carbocycles. The lowest BCUT2D eigenvalue weighted by Crippen LogP contribution is -2.09. The predicted octanol–water partition coefficient (Wildman–Crippen LogP) is 3.12. The van der Waals surface area contributed by atoms with Gasteiger partial charge in [-0.3, -0.25) is 0 Å². The summed E-state index contributed by atoms with van der Waals surface area (Å²) in [4.78, 5) is 17.9. The molecule has 1 unspecified atom stereocenters. The number of H-pyrrole nitrogens is 2. The van der Waals surface area contributed by atoms with Crippen LogP contribution in [-0.4, -0.2) is 9.97 Å². The highest BCUT2D eigenvalue weighted by atomic mass is 32.1. The number of rotatable bonds is 2. The van der Waals surface area contributed by atoms with Crippen LogP contribution in [0, 0.1) is 0 Å². The normalized spacial score (nSPS) is 13.0. The standard InChI is InChI=1S/C16H13N3OS/c17-15(14-8-9-3-1-2-4-13(9)21-14)10-5-6-11-12(7-10)19-16(20)18-11/h1-8,15H,17H2,(H2,18,19,20). The van der Waals surface area contributed by atoms with Crippen LogP contribution in [0.25, 0.3) is 21.1 Å². The zero-order chi connectivity index (χ0) is 14.4. The van der Waals surface area contributed by atoms with Crippen LogP contribution in [0.3, 0.4) is 0 Å². The molecule has 4 nitrogen and oxygen atoms in total. The van der Waals surface area contributed by atoms with Crippen molar-refractivity contribution in [3.05, 3.63) is 69.5 Å². The number of benzene rings is 2. The Morgan fingerprint density at radius 2 is 1.81 bits per heavy atom. The summed E-state index contributed by atoms with van der Waals surface area (Å²) >= 11 is 1.71. The second-order valence-electron chi connectivity index (χ2n) is 5.05. The second-order valence-corrected chi connectivity index (χ2v) is 6.16. The van der Waals surface area contributed by atoms with E-state index in [2.05, 4.69) is 28.2 Å². The molecule has 0 fully saturated rings. The van der Waals surface area contributed by atoms with E-state index in [9.17, 15) is 4.79 Å². The number of nitrogens with one attached hydrogen (secondary N) is 2. The minimum absolute atomic E-state index is 0.190. The van der Waals surface area contributed by atoms with Gasteiger partial charge in [-0.2, -0.15) is 0 Å². The van der Waals surface area contributed by atoms with Gasteiger partial charge in [0, 0.05) is 9.58 Å². The summed E-state index contributed by atoms with van der Waals surface area (Å²) in [5, 5.41) is 1.21. The average molecular weight is 295 g/mol. The first-order valence-corrected chi connectivity index (χ1v) is 7.48. The smallest absolute Gasteiger partial charge is 0.320 e. The van der Waals surface area contributed by atoms with Gasteiger partial charge in [0.1, 0.15) is 0 Å². The molecule has 4 aromatic rings. The van der Waals surface area contributed by atoms with Gasteiger partial charge in [-0.05, 0) is 35.2 Å². The maximum atomic E-state index is 11.3. The zero-order valence-electron chi connectivity index (χ0n) is 11.1. The van der Waals surface area contributed by atoms with E-state index in [1.54, 1.807) is 11.3 Å². The number of hydrogen-bond donors (Lipinski definition) is 3. The maximum absolute atomic E-state index is 11.3. The molecule has 104 valence electrons. The second kappa shape index (κ2) is 4.58. The summed E-state index contributed by atoms with van der Waals surface area (Å²) in [5.74, 6) is 0. The van der Waals surface area contributed by atoms with Crippen molar-refractivity contribution in [1.29, 1.82) is 0 Å². The molecule has 2 heterocycles. The maximum Gasteiger partial charge on any atom is 0.323 e. The van der Waals surface area contributed by atoms with E-state index in [0.29, 0.717) is 0 Å². The monoisotopic (exact) mass is 295 g/mol. The SMILES string of the molecule is NC(c1ccc2[nH]c(=O)[nH]c2c1)c1cc2ccccc2s1. The quantitative estimate of drug-likeness (QED) is 0.531. The number of nitrogens with two attached hydrogens (primary N) is 1. The molecule has 0 aliphatic carbocycles. The van der Waals surface area contributed by atoms with Crippen molar-refractivity contribution in [1.82, 2.24) is 9.97 Å². The highest BCUT2D eigenvalue weighted by molar-refractivity contribution is 7.19. The summed E-state index contributed by atoms with van der Waals surface area (Å²) in [6, 6.07) is 16.0. The molecule has 0 spiro atoms. The summed E-state index contributed by atoms with van der Waals surface area (Å²) in [6.45, 7) is 0. The molecule has 4 N–H and O–H groups in total. The third-order valence-electron chi connectivity index (χ3n) is 3.65. The highest BCUT2D eigenvalue weighted by Crippen LogP contribution is 2.32. The minimum atomic E-state index is -0.197. The van der Waals surface area contributed by atoms with Gasteiger partial charge in [0.25, 0.3) is 0 Å². The van der Waals surface area contributed by atoms with Gasteiger partial charge >= 0.3 is 5.69 Å². The first kappa shape index (κ1) is 12.4. The van der Waals surface area contributed by atoms with Crippen molar-refractivity contribution in [3.63, 3.8) is 0 Å². The lowest BCUT2D eigenvalue weighted by atomic mass is 10.1. The molecular formula is C16H13N3OS. The third kappa shape index (κ3) is 2.07. The molecule has 21 heavy (non-hydrogen) atoms. The molecule has 0 bridgehead atoms. The Balaban J connectivity index is 1.80. The van der Waals surface area contributed by atoms with Gasteiger partial charge in [0.2, 0.25) is 0 Å². The Kier molecular flexibility index (Phi) is 2.70. The summed E-state index contributed by atoms with van der Waals surface area (Å²) in [5.41, 5.74) is 8.76. The zero-order valence-corrected chi connectivity index (χ0v) is 11.9. The Hall–Kier alpha value is -2.37. The van der Waals surface area contributed by atoms with Crippen LogP contribution in [0.15, 0.2) is 53.3 Å². The van der Waals surface area contributed by atoms with Gasteiger partial charge < -0.3 is 15.7 Å². The first-order valence-electron chi connectivity index (χ1n) is 6.67. The van der Waals surface area contributed by atoms with E-state index < -0.39 is 0 Å². The number of hydrogen-bond acceptors (Lipinski definition) is 3. The van der Waals surface area contributed by atoms with Crippen LogP contribution >= 0.6 is 11.3 Å². The Labute approximate surface area is 124 Å². The van der Waals surface area contributed by atoms with Crippen molar-refractivity contribution >= 4 is 32.5 Å². The fraction of sp³-hybridized carbons (Fsp3) is 0.0625. The molecule has 0 saturated heterocycles. The van der Waals surface area contributed by atoms with Crippen LogP contribution < -0.4 is 11.4 Å². The molecule has 0 amide bonds. The van der Waals surface area contributed by atoms with Gasteiger partial charge in [-0.1, -0.05) is 24.3 Å². The van der Waals surface area contributed by atoms with Gasteiger partial charge in [0.05, 0.1) is 17.1 Å². The molecule has 0 aliphatic heterocycles. The summed E-state index contributed by atoms with van der Waals surface area (Å²) in [7, 11) is 0. The number of aromatic amines is 2. The van der Waals surface area contributed by atoms with E-state index >= 15 is 0 Å². The van der Waals surface area contributed by atoms with Gasteiger partial charge in [-0.25, -0.2) is 4.79 Å². The highest BCUT2D eigenvalue weighted by Gasteiger charge is 2.13. The molecule has 4 rings (SSSR count). The number of imidazole rings is 1. The van der Waals surface area contributed by atoms with Crippen LogP contribution in [0.2, 0.25) is 0 Å². The number of fused-ring (bicyclic) bond motifs is 2. The Morgan fingerprint density at radius 1 is 1.00 bits per heavy atom. The molecule has 1 atom stereocenters. The van der Waals surface area contributed by atoms with Crippen molar-refractivity contribution < 1.29 is 0 Å². The van der Waals surface area contributed by atoms with Crippen LogP contribution in [0.1, 0.15) is 16.5 Å². The molecule has 0 radical (unpaired) electrons. The number of aromatic nitrogens is 2.